The van der Waals surface area contributed by atoms with Crippen molar-refractivity contribution in [3.8, 4) is 0 Å². The Hall–Kier alpha value is 0.150. The van der Waals surface area contributed by atoms with E-state index in [4.69, 9.17) is 11.6 Å². The molecule has 0 saturated carbocycles. The lowest BCUT2D eigenvalue weighted by atomic mass is 9.78. The molecular weight excluding hydrogens is 339 g/mol. The van der Waals surface area contributed by atoms with Crippen molar-refractivity contribution in [1.82, 2.24) is 10.0 Å². The number of piperidine rings is 1. The first-order chi connectivity index (χ1) is 8.81. The minimum absolute atomic E-state index is 0. The monoisotopic (exact) mass is 358 g/mol. The molecule has 1 aliphatic heterocycles. The van der Waals surface area contributed by atoms with Gasteiger partial charge in [-0.15, -0.1) is 23.7 Å². The third kappa shape index (κ3) is 4.32. The fourth-order valence-corrected chi connectivity index (χ4v) is 4.90. The molecule has 1 aromatic heterocycles. The van der Waals surface area contributed by atoms with Gasteiger partial charge >= 0.3 is 0 Å². The van der Waals surface area contributed by atoms with Crippen LogP contribution in [0.15, 0.2) is 16.3 Å². The predicted octanol–water partition coefficient (Wildman–Crippen LogP) is 2.88. The molecule has 20 heavy (non-hydrogen) atoms. The van der Waals surface area contributed by atoms with E-state index in [-0.39, 0.29) is 28.1 Å². The molecule has 8 heteroatoms. The Balaban J connectivity index is 0.00000200. The van der Waals surface area contributed by atoms with E-state index in [2.05, 4.69) is 23.9 Å². The van der Waals surface area contributed by atoms with Gasteiger partial charge in [-0.05, 0) is 36.9 Å². The second kappa shape index (κ2) is 6.94. The molecule has 116 valence electrons. The van der Waals surface area contributed by atoms with Gasteiger partial charge < -0.3 is 5.32 Å². The normalized spacial score (nSPS) is 22.2. The highest BCUT2D eigenvalue weighted by molar-refractivity contribution is 7.91. The fraction of sp³-hybridized carbons (Fsp3) is 0.667. The Bertz CT molecular complexity index is 543. The topological polar surface area (TPSA) is 58.2 Å². The first-order valence-corrected chi connectivity index (χ1v) is 8.97. The van der Waals surface area contributed by atoms with Crippen LogP contribution in [0.5, 0.6) is 0 Å². The van der Waals surface area contributed by atoms with E-state index >= 15 is 0 Å². The minimum Gasteiger partial charge on any atom is -0.312 e. The summed E-state index contributed by atoms with van der Waals surface area (Å²) in [7, 11) is -3.44. The van der Waals surface area contributed by atoms with Gasteiger partial charge in [0.15, 0.2) is 0 Å². The molecule has 1 unspecified atom stereocenters. The highest BCUT2D eigenvalue weighted by Crippen LogP contribution is 2.30. The van der Waals surface area contributed by atoms with Crippen molar-refractivity contribution in [1.29, 1.82) is 0 Å². The lowest BCUT2D eigenvalue weighted by Crippen LogP contribution is -2.52. The molecule has 0 radical (unpaired) electrons. The maximum Gasteiger partial charge on any atom is 0.250 e. The second-order valence-electron chi connectivity index (χ2n) is 5.51. The van der Waals surface area contributed by atoms with E-state index in [0.717, 1.165) is 30.7 Å². The molecule has 1 aliphatic rings. The van der Waals surface area contributed by atoms with Crippen LogP contribution in [0.25, 0.3) is 0 Å². The first kappa shape index (κ1) is 18.2. The van der Waals surface area contributed by atoms with Crippen LogP contribution < -0.4 is 10.0 Å². The van der Waals surface area contributed by atoms with Gasteiger partial charge in [-0.25, -0.2) is 13.1 Å². The van der Waals surface area contributed by atoms with Crippen LogP contribution in [-0.4, -0.2) is 27.5 Å². The van der Waals surface area contributed by atoms with Gasteiger partial charge in [-0.2, -0.15) is 0 Å². The molecule has 0 amide bonds. The van der Waals surface area contributed by atoms with Crippen LogP contribution in [-0.2, 0) is 10.0 Å². The van der Waals surface area contributed by atoms with E-state index < -0.39 is 10.0 Å². The van der Waals surface area contributed by atoms with Crippen LogP contribution in [0.1, 0.15) is 26.7 Å². The summed E-state index contributed by atoms with van der Waals surface area (Å²) in [6, 6.07) is 3.30. The fourth-order valence-electron chi connectivity index (χ4n) is 2.33. The van der Waals surface area contributed by atoms with Gasteiger partial charge in [0, 0.05) is 12.6 Å². The van der Waals surface area contributed by atoms with Gasteiger partial charge in [0.1, 0.15) is 4.21 Å². The van der Waals surface area contributed by atoms with Crippen LogP contribution in [0.4, 0.5) is 0 Å². The third-order valence-electron chi connectivity index (χ3n) is 3.62. The number of rotatable bonds is 4. The van der Waals surface area contributed by atoms with Crippen LogP contribution in [0.2, 0.25) is 4.34 Å². The van der Waals surface area contributed by atoms with Gasteiger partial charge in [0.2, 0.25) is 10.0 Å². The van der Waals surface area contributed by atoms with Crippen LogP contribution in [0.3, 0.4) is 0 Å². The average molecular weight is 359 g/mol. The number of halogens is 2. The molecule has 1 saturated heterocycles. The number of nitrogens with one attached hydrogen (secondary N) is 2. The minimum atomic E-state index is -3.44. The second-order valence-corrected chi connectivity index (χ2v) is 9.22. The Kier molecular flexibility index (Phi) is 6.32. The summed E-state index contributed by atoms with van der Waals surface area (Å²) in [6.07, 6.45) is 2.24. The summed E-state index contributed by atoms with van der Waals surface area (Å²) >= 11 is 6.85. The number of hydrogen-bond donors (Lipinski definition) is 2. The lowest BCUT2D eigenvalue weighted by molar-refractivity contribution is 0.182. The Morgan fingerprint density at radius 2 is 2.20 bits per heavy atom. The van der Waals surface area contributed by atoms with E-state index in [1.54, 1.807) is 6.07 Å². The number of sulfonamides is 1. The van der Waals surface area contributed by atoms with Gasteiger partial charge in [-0.1, -0.05) is 25.4 Å². The average Bonchev–Trinajstić information content (AvgIpc) is 2.75. The molecule has 0 spiro atoms. The summed E-state index contributed by atoms with van der Waals surface area (Å²) in [5.74, 6) is 0. The predicted molar refractivity (Wildman–Crippen MR) is 86.6 cm³/mol. The zero-order valence-corrected chi connectivity index (χ0v) is 14.7. The van der Waals surface area contributed by atoms with Crippen molar-refractivity contribution in [3.63, 3.8) is 0 Å². The zero-order valence-electron chi connectivity index (χ0n) is 11.5. The highest BCUT2D eigenvalue weighted by atomic mass is 35.5. The number of hydrogen-bond acceptors (Lipinski definition) is 4. The largest absolute Gasteiger partial charge is 0.312 e. The standard InChI is InChI=1S/C12H19ClN2O2S2.ClH/c1-12(2)6-3-7-14-9(12)8-15-19(16,17)11-5-4-10(13)18-11;/h4-5,9,14-15H,3,6-8H2,1-2H3;1H. The number of thiophene rings is 1. The molecule has 1 fully saturated rings. The molecule has 2 N–H and O–H groups in total. The van der Waals surface area contributed by atoms with Crippen LogP contribution >= 0.6 is 35.3 Å². The van der Waals surface area contributed by atoms with E-state index in [1.165, 1.54) is 6.07 Å². The van der Waals surface area contributed by atoms with Crippen molar-refractivity contribution >= 4 is 45.4 Å². The highest BCUT2D eigenvalue weighted by Gasteiger charge is 2.32. The van der Waals surface area contributed by atoms with Gasteiger partial charge in [-0.3, -0.25) is 0 Å². The zero-order chi connectivity index (χ0) is 14.1. The molecule has 0 aromatic carbocycles. The Labute approximate surface area is 135 Å². The lowest BCUT2D eigenvalue weighted by Gasteiger charge is -2.39. The molecule has 0 bridgehead atoms. The van der Waals surface area contributed by atoms with Crippen molar-refractivity contribution < 1.29 is 8.42 Å². The molecule has 1 aromatic rings. The maximum atomic E-state index is 12.1. The van der Waals surface area contributed by atoms with Crippen molar-refractivity contribution in [2.45, 2.75) is 36.9 Å². The Morgan fingerprint density at radius 3 is 2.75 bits per heavy atom. The quantitative estimate of drug-likeness (QED) is 0.869. The molecular formula is C12H20Cl2N2O2S2. The molecule has 1 atom stereocenters. The van der Waals surface area contributed by atoms with E-state index in [0.29, 0.717) is 10.9 Å². The Morgan fingerprint density at radius 1 is 1.50 bits per heavy atom. The van der Waals surface area contributed by atoms with Crippen molar-refractivity contribution in [3.05, 3.63) is 16.5 Å². The summed E-state index contributed by atoms with van der Waals surface area (Å²) in [5, 5.41) is 3.39. The van der Waals surface area contributed by atoms with Gasteiger partial charge in [0.05, 0.1) is 4.34 Å². The third-order valence-corrected chi connectivity index (χ3v) is 6.77. The summed E-state index contributed by atoms with van der Waals surface area (Å²) in [4.78, 5) is 0. The summed E-state index contributed by atoms with van der Waals surface area (Å²) in [5.41, 5.74) is 0.105. The maximum absolute atomic E-state index is 12.1. The van der Waals surface area contributed by atoms with Crippen molar-refractivity contribution in [2.75, 3.05) is 13.1 Å². The molecule has 2 heterocycles. The summed E-state index contributed by atoms with van der Waals surface area (Å²) < 4.78 is 27.7. The van der Waals surface area contributed by atoms with E-state index in [9.17, 15) is 8.42 Å². The molecule has 0 aliphatic carbocycles. The molecule has 2 rings (SSSR count). The van der Waals surface area contributed by atoms with Crippen molar-refractivity contribution in [2.24, 2.45) is 5.41 Å². The first-order valence-electron chi connectivity index (χ1n) is 6.30. The van der Waals surface area contributed by atoms with E-state index in [1.807, 2.05) is 0 Å². The van der Waals surface area contributed by atoms with Gasteiger partial charge in [0.25, 0.3) is 0 Å². The smallest absolute Gasteiger partial charge is 0.250 e. The molecule has 4 nitrogen and oxygen atoms in total. The SMILES string of the molecule is CC1(C)CCCNC1CNS(=O)(=O)c1ccc(Cl)s1.Cl. The van der Waals surface area contributed by atoms with Crippen LogP contribution in [0, 0.1) is 5.41 Å². The summed E-state index contributed by atoms with van der Waals surface area (Å²) in [6.45, 7) is 5.69.